The van der Waals surface area contributed by atoms with Crippen molar-refractivity contribution in [3.8, 4) is 0 Å². The third-order valence-corrected chi connectivity index (χ3v) is 2.56. The average molecular weight is 246 g/mol. The lowest BCUT2D eigenvalue weighted by atomic mass is 10.1. The van der Waals surface area contributed by atoms with Crippen LogP contribution in [0.15, 0.2) is 18.2 Å². The summed E-state index contributed by atoms with van der Waals surface area (Å²) in [6.45, 7) is 0.388. The molecule has 1 rings (SSSR count). The van der Waals surface area contributed by atoms with Gasteiger partial charge in [-0.25, -0.2) is 4.39 Å². The molecule has 5 heteroatoms. The highest BCUT2D eigenvalue weighted by molar-refractivity contribution is 6.31. The van der Waals surface area contributed by atoms with E-state index in [4.69, 9.17) is 16.7 Å². The van der Waals surface area contributed by atoms with E-state index in [-0.39, 0.29) is 12.4 Å². The highest BCUT2D eigenvalue weighted by atomic mass is 35.5. The van der Waals surface area contributed by atoms with Crippen molar-refractivity contribution in [1.29, 1.82) is 0 Å². The number of aliphatic carboxylic acids is 1. The summed E-state index contributed by atoms with van der Waals surface area (Å²) in [6.07, 6.45) is 0.398. The Bertz CT molecular complexity index is 364. The van der Waals surface area contributed by atoms with Crippen molar-refractivity contribution in [3.63, 3.8) is 0 Å². The second-order valence-electron chi connectivity index (χ2n) is 3.58. The van der Waals surface area contributed by atoms with Crippen LogP contribution in [-0.2, 0) is 11.2 Å². The summed E-state index contributed by atoms with van der Waals surface area (Å²) in [7, 11) is 1.67. The van der Waals surface area contributed by atoms with Crippen LogP contribution in [0.2, 0.25) is 5.02 Å². The summed E-state index contributed by atoms with van der Waals surface area (Å²) < 4.78 is 13.3. The number of hydrogen-bond donors (Lipinski definition) is 1. The van der Waals surface area contributed by atoms with Crippen molar-refractivity contribution in [2.45, 2.75) is 6.42 Å². The van der Waals surface area contributed by atoms with Crippen LogP contribution in [0.5, 0.6) is 0 Å². The van der Waals surface area contributed by atoms with Gasteiger partial charge in [-0.15, -0.1) is 0 Å². The first-order chi connectivity index (χ1) is 7.50. The first kappa shape index (κ1) is 12.9. The molecule has 0 bridgehead atoms. The molecule has 3 nitrogen and oxygen atoms in total. The molecule has 0 saturated carbocycles. The fraction of sp³-hybridized carbons (Fsp3) is 0.364. The lowest BCUT2D eigenvalue weighted by molar-refractivity contribution is -0.137. The molecule has 0 atom stereocenters. The Balaban J connectivity index is 2.57. The highest BCUT2D eigenvalue weighted by Gasteiger charge is 2.09. The Hall–Kier alpha value is -1.13. The van der Waals surface area contributed by atoms with E-state index in [1.54, 1.807) is 24.1 Å². The van der Waals surface area contributed by atoms with Crippen LogP contribution >= 0.6 is 11.6 Å². The Kier molecular flexibility index (Phi) is 4.71. The minimum absolute atomic E-state index is 0.0634. The Morgan fingerprint density at radius 2 is 2.25 bits per heavy atom. The zero-order chi connectivity index (χ0) is 12.1. The second kappa shape index (κ2) is 5.82. The van der Waals surface area contributed by atoms with E-state index in [1.807, 2.05) is 0 Å². The number of halogens is 2. The van der Waals surface area contributed by atoms with Gasteiger partial charge < -0.3 is 5.11 Å². The molecule has 1 aromatic carbocycles. The first-order valence-corrected chi connectivity index (χ1v) is 5.21. The minimum Gasteiger partial charge on any atom is -0.480 e. The van der Waals surface area contributed by atoms with Gasteiger partial charge in [0.05, 0.1) is 6.54 Å². The zero-order valence-corrected chi connectivity index (χ0v) is 9.67. The molecule has 0 fully saturated rings. The smallest absolute Gasteiger partial charge is 0.317 e. The van der Waals surface area contributed by atoms with Gasteiger partial charge in [0, 0.05) is 17.1 Å². The predicted octanol–water partition coefficient (Wildman–Crippen LogP) is 2.04. The number of rotatable bonds is 5. The molecule has 0 radical (unpaired) electrons. The number of benzene rings is 1. The SMILES string of the molecule is CN(CCc1c(F)cccc1Cl)CC(=O)O. The second-order valence-corrected chi connectivity index (χ2v) is 3.99. The normalized spacial score (nSPS) is 10.8. The number of nitrogens with zero attached hydrogens (tertiary/aromatic N) is 1. The first-order valence-electron chi connectivity index (χ1n) is 4.84. The van der Waals surface area contributed by atoms with Crippen LogP contribution < -0.4 is 0 Å². The molecule has 16 heavy (non-hydrogen) atoms. The van der Waals surface area contributed by atoms with Crippen molar-refractivity contribution >= 4 is 17.6 Å². The molecule has 0 spiro atoms. The van der Waals surface area contributed by atoms with Gasteiger partial charge in [0.25, 0.3) is 0 Å². The molecule has 0 aliphatic heterocycles. The summed E-state index contributed by atoms with van der Waals surface area (Å²) in [5.41, 5.74) is 0.432. The van der Waals surface area contributed by atoms with Gasteiger partial charge in [-0.3, -0.25) is 9.69 Å². The van der Waals surface area contributed by atoms with Crippen LogP contribution in [0.4, 0.5) is 4.39 Å². The fourth-order valence-corrected chi connectivity index (χ4v) is 1.64. The van der Waals surface area contributed by atoms with E-state index in [9.17, 15) is 9.18 Å². The monoisotopic (exact) mass is 245 g/mol. The van der Waals surface area contributed by atoms with E-state index in [1.165, 1.54) is 6.07 Å². The predicted molar refractivity (Wildman–Crippen MR) is 60.2 cm³/mol. The molecule has 0 aliphatic rings. The van der Waals surface area contributed by atoms with E-state index < -0.39 is 5.97 Å². The van der Waals surface area contributed by atoms with Crippen LogP contribution in [0.1, 0.15) is 5.56 Å². The van der Waals surface area contributed by atoms with Gasteiger partial charge in [-0.2, -0.15) is 0 Å². The van der Waals surface area contributed by atoms with Crippen LogP contribution in [0.25, 0.3) is 0 Å². The molecule has 0 unspecified atom stereocenters. The maximum Gasteiger partial charge on any atom is 0.317 e. The fourth-order valence-electron chi connectivity index (χ4n) is 1.38. The number of carbonyl (C=O) groups is 1. The molecule has 0 aromatic heterocycles. The van der Waals surface area contributed by atoms with Gasteiger partial charge in [-0.1, -0.05) is 17.7 Å². The molecule has 0 amide bonds. The maximum absolute atomic E-state index is 13.3. The summed E-state index contributed by atoms with van der Waals surface area (Å²) in [5.74, 6) is -1.25. The Morgan fingerprint density at radius 3 is 2.81 bits per heavy atom. The minimum atomic E-state index is -0.901. The lowest BCUT2D eigenvalue weighted by Gasteiger charge is -2.14. The Labute approximate surface area is 98.4 Å². The van der Waals surface area contributed by atoms with Crippen LogP contribution in [-0.4, -0.2) is 36.1 Å². The van der Waals surface area contributed by atoms with Crippen molar-refractivity contribution in [2.24, 2.45) is 0 Å². The van der Waals surface area contributed by atoms with E-state index in [2.05, 4.69) is 0 Å². The van der Waals surface area contributed by atoms with Gasteiger partial charge in [0.1, 0.15) is 5.82 Å². The largest absolute Gasteiger partial charge is 0.480 e. The summed E-state index contributed by atoms with van der Waals surface area (Å²) in [4.78, 5) is 12.0. The number of likely N-dealkylation sites (N-methyl/N-ethyl adjacent to an activating group) is 1. The molecule has 0 aliphatic carbocycles. The average Bonchev–Trinajstić information content (AvgIpc) is 2.15. The van der Waals surface area contributed by atoms with Gasteiger partial charge in [0.15, 0.2) is 0 Å². The van der Waals surface area contributed by atoms with Crippen molar-refractivity contribution < 1.29 is 14.3 Å². The van der Waals surface area contributed by atoms with Gasteiger partial charge >= 0.3 is 5.97 Å². The van der Waals surface area contributed by atoms with Crippen molar-refractivity contribution in [1.82, 2.24) is 4.90 Å². The number of carboxylic acid groups (broad SMARTS) is 1. The maximum atomic E-state index is 13.3. The summed E-state index contributed by atoms with van der Waals surface area (Å²) in [5, 5.41) is 8.93. The molecule has 1 aromatic rings. The standard InChI is InChI=1S/C11H13ClFNO2/c1-14(7-11(15)16)6-5-8-9(12)3-2-4-10(8)13/h2-4H,5-7H2,1H3,(H,15,16). The quantitative estimate of drug-likeness (QED) is 0.863. The summed E-state index contributed by atoms with van der Waals surface area (Å²) >= 11 is 5.84. The molecule has 88 valence electrons. The zero-order valence-electron chi connectivity index (χ0n) is 8.91. The van der Waals surface area contributed by atoms with E-state index in [0.29, 0.717) is 23.6 Å². The molecule has 1 N–H and O–H groups in total. The topological polar surface area (TPSA) is 40.5 Å². The molecule has 0 heterocycles. The molecule has 0 saturated heterocycles. The molecular weight excluding hydrogens is 233 g/mol. The number of carboxylic acids is 1. The van der Waals surface area contributed by atoms with E-state index >= 15 is 0 Å². The Morgan fingerprint density at radius 1 is 1.56 bits per heavy atom. The lowest BCUT2D eigenvalue weighted by Crippen LogP contribution is -2.27. The van der Waals surface area contributed by atoms with Crippen LogP contribution in [0, 0.1) is 5.82 Å². The van der Waals surface area contributed by atoms with Crippen molar-refractivity contribution in [2.75, 3.05) is 20.1 Å². The highest BCUT2D eigenvalue weighted by Crippen LogP contribution is 2.19. The third kappa shape index (κ3) is 3.79. The molecular formula is C11H13ClFNO2. The third-order valence-electron chi connectivity index (χ3n) is 2.21. The number of hydrogen-bond acceptors (Lipinski definition) is 2. The van der Waals surface area contributed by atoms with Gasteiger partial charge in [-0.05, 0) is 25.6 Å². The van der Waals surface area contributed by atoms with E-state index in [0.717, 1.165) is 0 Å². The van der Waals surface area contributed by atoms with Crippen LogP contribution in [0.3, 0.4) is 0 Å². The van der Waals surface area contributed by atoms with Crippen molar-refractivity contribution in [3.05, 3.63) is 34.6 Å². The summed E-state index contributed by atoms with van der Waals surface area (Å²) in [6, 6.07) is 4.51. The van der Waals surface area contributed by atoms with Gasteiger partial charge in [0.2, 0.25) is 0 Å².